The molecule has 1 aliphatic heterocycles. The van der Waals surface area contributed by atoms with Crippen LogP contribution >= 0.6 is 12.2 Å². The molecule has 4 atom stereocenters. The van der Waals surface area contributed by atoms with Gasteiger partial charge >= 0.3 is 0 Å². The molecule has 3 rings (SSSR count). The number of ether oxygens (including phenoxy) is 1. The summed E-state index contributed by atoms with van der Waals surface area (Å²) in [6.07, 6.45) is -3.11. The molecular weight excluding hydrogens is 288 g/mol. The van der Waals surface area contributed by atoms with Gasteiger partial charge in [-0.15, -0.1) is 0 Å². The number of oxazole rings is 1. The third-order valence-electron chi connectivity index (χ3n) is 3.15. The van der Waals surface area contributed by atoms with Gasteiger partial charge in [0.15, 0.2) is 17.5 Å². The predicted molar refractivity (Wildman–Crippen MR) is 68.0 cm³/mol. The number of nitrogens with two attached hydrogens (primary N) is 1. The van der Waals surface area contributed by atoms with Gasteiger partial charge in [0.05, 0.1) is 12.8 Å². The lowest BCUT2D eigenvalue weighted by Gasteiger charge is -2.15. The number of fused-ring (bicyclic) bond motifs is 1. The minimum absolute atomic E-state index is 0.00487. The van der Waals surface area contributed by atoms with E-state index >= 15 is 0 Å². The van der Waals surface area contributed by atoms with Gasteiger partial charge in [-0.25, -0.2) is 4.98 Å². The van der Waals surface area contributed by atoms with Crippen LogP contribution < -0.4 is 5.73 Å². The molecule has 2 aromatic heterocycles. The van der Waals surface area contributed by atoms with Crippen molar-refractivity contribution in [1.82, 2.24) is 14.5 Å². The predicted octanol–water partition coefficient (Wildman–Crippen LogP) is -1.05. The average Bonchev–Trinajstić information content (AvgIpc) is 2.88. The van der Waals surface area contributed by atoms with Gasteiger partial charge in [0.1, 0.15) is 18.3 Å². The van der Waals surface area contributed by atoms with E-state index in [4.69, 9.17) is 32.2 Å². The number of hydrogen-bond acceptors (Lipinski definition) is 9. The lowest BCUT2D eigenvalue weighted by molar-refractivity contribution is -0.0528. The topological polar surface area (TPSA) is 140 Å². The highest BCUT2D eigenvalue weighted by Gasteiger charge is 2.44. The second-order valence-electron chi connectivity index (χ2n) is 4.38. The Morgan fingerprint density at radius 2 is 2.15 bits per heavy atom. The molecule has 5 N–H and O–H groups in total. The van der Waals surface area contributed by atoms with Crippen LogP contribution in [0.2, 0.25) is 0 Å². The number of nitrogen functional groups attached to an aromatic ring is 1. The molecule has 0 aromatic carbocycles. The van der Waals surface area contributed by atoms with Gasteiger partial charge in [-0.1, -0.05) is 0 Å². The molecule has 0 saturated carbocycles. The Bertz CT molecular complexity index is 701. The molecule has 3 heterocycles. The van der Waals surface area contributed by atoms with E-state index in [0.717, 1.165) is 0 Å². The minimum atomic E-state index is -1.28. The minimum Gasteiger partial charge on any atom is -0.426 e. The third kappa shape index (κ3) is 1.89. The Balaban J connectivity index is 2.13. The quantitative estimate of drug-likeness (QED) is 0.511. The second-order valence-corrected chi connectivity index (χ2v) is 4.73. The van der Waals surface area contributed by atoms with Crippen LogP contribution in [0.25, 0.3) is 11.2 Å². The lowest BCUT2D eigenvalue weighted by atomic mass is 10.1. The summed E-state index contributed by atoms with van der Waals surface area (Å²) >= 11 is 5.05. The van der Waals surface area contributed by atoms with Gasteiger partial charge in [-0.05, 0) is 12.2 Å². The van der Waals surface area contributed by atoms with E-state index in [1.165, 1.54) is 10.8 Å². The van der Waals surface area contributed by atoms with E-state index in [2.05, 4.69) is 9.97 Å². The zero-order chi connectivity index (χ0) is 14.4. The fourth-order valence-electron chi connectivity index (χ4n) is 2.17. The number of aliphatic hydroxyl groups is 3. The molecule has 0 unspecified atom stereocenters. The maximum Gasteiger partial charge on any atom is 0.273 e. The molecule has 0 amide bonds. The highest BCUT2D eigenvalue weighted by Crippen LogP contribution is 2.32. The zero-order valence-electron chi connectivity index (χ0n) is 10.1. The largest absolute Gasteiger partial charge is 0.426 e. The van der Waals surface area contributed by atoms with Crippen LogP contribution in [-0.2, 0) is 4.74 Å². The SMILES string of the molecule is Nc1ncc2oc(=S)n([C@@H]3O[C@H](CO)[C@@H](O)[C@H]3O)c2n1. The summed E-state index contributed by atoms with van der Waals surface area (Å²) in [6, 6.07) is 0. The van der Waals surface area contributed by atoms with Crippen molar-refractivity contribution < 1.29 is 24.5 Å². The molecule has 1 aliphatic rings. The van der Waals surface area contributed by atoms with Crippen LogP contribution in [0.3, 0.4) is 0 Å². The number of anilines is 1. The molecule has 9 nitrogen and oxygen atoms in total. The van der Waals surface area contributed by atoms with Crippen molar-refractivity contribution in [2.75, 3.05) is 12.3 Å². The first kappa shape index (κ1) is 13.4. The average molecular weight is 300 g/mol. The van der Waals surface area contributed by atoms with Crippen LogP contribution in [0.4, 0.5) is 5.95 Å². The van der Waals surface area contributed by atoms with E-state index in [1.54, 1.807) is 0 Å². The summed E-state index contributed by atoms with van der Waals surface area (Å²) in [4.78, 5) is 7.75. The number of aromatic nitrogens is 3. The summed E-state index contributed by atoms with van der Waals surface area (Å²) in [5.74, 6) is 0.00814. The van der Waals surface area contributed by atoms with Crippen LogP contribution in [0.15, 0.2) is 10.6 Å². The Kier molecular flexibility index (Phi) is 3.18. The van der Waals surface area contributed by atoms with Crippen molar-refractivity contribution in [2.24, 2.45) is 0 Å². The van der Waals surface area contributed by atoms with Crippen LogP contribution in [0.5, 0.6) is 0 Å². The monoisotopic (exact) mass is 300 g/mol. The van der Waals surface area contributed by atoms with E-state index in [0.29, 0.717) is 0 Å². The Labute approximate surface area is 117 Å². The smallest absolute Gasteiger partial charge is 0.273 e. The van der Waals surface area contributed by atoms with Gasteiger partial charge in [0.2, 0.25) is 5.95 Å². The van der Waals surface area contributed by atoms with E-state index in [9.17, 15) is 10.2 Å². The van der Waals surface area contributed by atoms with E-state index < -0.39 is 31.1 Å². The Hall–Kier alpha value is -1.59. The lowest BCUT2D eigenvalue weighted by Crippen LogP contribution is -2.33. The number of hydrogen-bond donors (Lipinski definition) is 4. The van der Waals surface area contributed by atoms with Crippen molar-refractivity contribution in [3.8, 4) is 0 Å². The first-order valence-corrected chi connectivity index (χ1v) is 6.19. The van der Waals surface area contributed by atoms with E-state index in [1.807, 2.05) is 0 Å². The van der Waals surface area contributed by atoms with Crippen molar-refractivity contribution >= 4 is 29.4 Å². The molecule has 20 heavy (non-hydrogen) atoms. The maximum absolute atomic E-state index is 10.0. The zero-order valence-corrected chi connectivity index (χ0v) is 10.9. The summed E-state index contributed by atoms with van der Waals surface area (Å²) in [7, 11) is 0. The van der Waals surface area contributed by atoms with Crippen LogP contribution in [0.1, 0.15) is 6.23 Å². The summed E-state index contributed by atoms with van der Waals surface area (Å²) < 4.78 is 12.0. The third-order valence-corrected chi connectivity index (χ3v) is 3.43. The molecule has 0 aliphatic carbocycles. The summed E-state index contributed by atoms with van der Waals surface area (Å²) in [5.41, 5.74) is 6.04. The Morgan fingerprint density at radius 1 is 1.40 bits per heavy atom. The number of aliphatic hydroxyl groups excluding tert-OH is 3. The molecule has 1 fully saturated rings. The van der Waals surface area contributed by atoms with Gasteiger partial charge in [0.25, 0.3) is 4.84 Å². The van der Waals surface area contributed by atoms with E-state index in [-0.39, 0.29) is 22.0 Å². The number of nitrogens with zero attached hydrogens (tertiary/aromatic N) is 3. The van der Waals surface area contributed by atoms with Gasteiger partial charge in [0, 0.05) is 0 Å². The van der Waals surface area contributed by atoms with Crippen LogP contribution in [0, 0.1) is 4.84 Å². The highest BCUT2D eigenvalue weighted by atomic mass is 32.1. The molecule has 0 bridgehead atoms. The fourth-order valence-corrected chi connectivity index (χ4v) is 2.45. The summed E-state index contributed by atoms with van der Waals surface area (Å²) in [5, 5.41) is 28.9. The van der Waals surface area contributed by atoms with Crippen molar-refractivity contribution in [3.05, 3.63) is 11.0 Å². The summed E-state index contributed by atoms with van der Waals surface area (Å²) in [6.45, 7) is -0.436. The van der Waals surface area contributed by atoms with Gasteiger partial charge in [-0.3, -0.25) is 4.57 Å². The molecule has 0 spiro atoms. The maximum atomic E-state index is 10.0. The number of rotatable bonds is 2. The van der Waals surface area contributed by atoms with Crippen LogP contribution in [-0.4, -0.2) is 54.8 Å². The van der Waals surface area contributed by atoms with Gasteiger partial charge in [-0.2, -0.15) is 4.98 Å². The highest BCUT2D eigenvalue weighted by molar-refractivity contribution is 7.71. The fraction of sp³-hybridized carbons (Fsp3) is 0.500. The Morgan fingerprint density at radius 3 is 2.80 bits per heavy atom. The standard InChI is InChI=1S/C10H12N4O5S/c11-9-12-1-3-7(13-9)14(10(20)19-3)8-6(17)5(16)4(2-15)18-8/h1,4-6,8,15-17H,2H2,(H2,11,12,13)/t4-,5-,6-,8-/m1/s1. The molecule has 0 radical (unpaired) electrons. The first-order valence-electron chi connectivity index (χ1n) is 5.79. The van der Waals surface area contributed by atoms with Gasteiger partial charge < -0.3 is 30.2 Å². The van der Waals surface area contributed by atoms with Crippen molar-refractivity contribution in [1.29, 1.82) is 0 Å². The van der Waals surface area contributed by atoms with Crippen molar-refractivity contribution in [2.45, 2.75) is 24.5 Å². The normalized spacial score (nSPS) is 30.1. The molecule has 10 heteroatoms. The molecular formula is C10H12N4O5S. The molecule has 2 aromatic rings. The first-order chi connectivity index (χ1) is 9.52. The molecule has 1 saturated heterocycles. The second kappa shape index (κ2) is 4.75. The van der Waals surface area contributed by atoms with Crippen molar-refractivity contribution in [3.63, 3.8) is 0 Å². The molecule has 108 valence electrons.